The first-order valence-electron chi connectivity index (χ1n) is 6.17. The van der Waals surface area contributed by atoms with Crippen LogP contribution < -0.4 is 10.5 Å². The quantitative estimate of drug-likeness (QED) is 0.670. The molecule has 1 aromatic carbocycles. The van der Waals surface area contributed by atoms with Gasteiger partial charge in [0.15, 0.2) is 6.29 Å². The number of anilines is 1. The second-order valence-corrected chi connectivity index (χ2v) is 4.58. The lowest BCUT2D eigenvalue weighted by molar-refractivity contribution is 0.112. The van der Waals surface area contributed by atoms with E-state index in [4.69, 9.17) is 10.5 Å². The number of aldehydes is 1. The molecule has 0 fully saturated rings. The number of allylic oxidation sites excluding steroid dienone is 1. The van der Waals surface area contributed by atoms with Crippen molar-refractivity contribution in [3.05, 3.63) is 42.0 Å². The topological polar surface area (TPSA) is 70.1 Å². The van der Waals surface area contributed by atoms with Crippen molar-refractivity contribution in [1.82, 2.24) is 9.78 Å². The number of carbonyl (C=O) groups is 1. The number of carbonyl (C=O) groups excluding carboxylic acids is 1. The Bertz CT molecular complexity index is 659. The van der Waals surface area contributed by atoms with Crippen molar-refractivity contribution in [2.24, 2.45) is 0 Å². The van der Waals surface area contributed by atoms with Gasteiger partial charge in [0.25, 0.3) is 0 Å². The maximum atomic E-state index is 11.3. The summed E-state index contributed by atoms with van der Waals surface area (Å²) in [6, 6.07) is 7.38. The van der Waals surface area contributed by atoms with Gasteiger partial charge < -0.3 is 10.5 Å². The molecule has 0 saturated carbocycles. The number of para-hydroxylation sites is 1. The third kappa shape index (κ3) is 2.42. The van der Waals surface area contributed by atoms with Crippen molar-refractivity contribution >= 4 is 12.1 Å². The molecule has 0 unspecified atom stereocenters. The molecule has 1 aromatic heterocycles. The van der Waals surface area contributed by atoms with Gasteiger partial charge in [0.1, 0.15) is 17.3 Å². The summed E-state index contributed by atoms with van der Waals surface area (Å²) in [6.07, 6.45) is 0.721. The van der Waals surface area contributed by atoms with Crippen LogP contribution in [0.2, 0.25) is 0 Å². The monoisotopic (exact) mass is 271 g/mol. The number of rotatable bonds is 5. The van der Waals surface area contributed by atoms with Gasteiger partial charge in [-0.2, -0.15) is 5.10 Å². The van der Waals surface area contributed by atoms with Gasteiger partial charge in [0.2, 0.25) is 0 Å². The number of hydrogen-bond acceptors (Lipinski definition) is 4. The number of nitrogen functional groups attached to an aromatic ring is 1. The molecular formula is C15H17N3O2. The predicted octanol–water partition coefficient (Wildman–Crippen LogP) is 2.53. The molecule has 0 atom stereocenters. The summed E-state index contributed by atoms with van der Waals surface area (Å²) in [5.41, 5.74) is 8.52. The maximum Gasteiger partial charge on any atom is 0.156 e. The fourth-order valence-corrected chi connectivity index (χ4v) is 2.02. The van der Waals surface area contributed by atoms with Crippen molar-refractivity contribution < 1.29 is 9.53 Å². The molecule has 0 aliphatic rings. The Morgan fingerprint density at radius 2 is 2.20 bits per heavy atom. The van der Waals surface area contributed by atoms with E-state index in [0.717, 1.165) is 17.4 Å². The van der Waals surface area contributed by atoms with Gasteiger partial charge in [-0.05, 0) is 19.1 Å². The van der Waals surface area contributed by atoms with Crippen LogP contribution in [0.15, 0.2) is 36.4 Å². The number of nitrogens with two attached hydrogens (primary N) is 1. The van der Waals surface area contributed by atoms with E-state index in [2.05, 4.69) is 11.7 Å². The van der Waals surface area contributed by atoms with Crippen molar-refractivity contribution in [2.75, 3.05) is 12.8 Å². The van der Waals surface area contributed by atoms with E-state index in [1.54, 1.807) is 11.8 Å². The van der Waals surface area contributed by atoms with Gasteiger partial charge in [-0.15, -0.1) is 0 Å². The third-order valence-electron chi connectivity index (χ3n) is 2.93. The zero-order chi connectivity index (χ0) is 14.7. The average molecular weight is 271 g/mol. The molecular weight excluding hydrogens is 254 g/mol. The van der Waals surface area contributed by atoms with Crippen LogP contribution in [0.1, 0.15) is 17.3 Å². The van der Waals surface area contributed by atoms with Crippen molar-refractivity contribution in [2.45, 2.75) is 13.5 Å². The van der Waals surface area contributed by atoms with Crippen molar-refractivity contribution in [3.63, 3.8) is 0 Å². The fourth-order valence-electron chi connectivity index (χ4n) is 2.02. The van der Waals surface area contributed by atoms with Gasteiger partial charge in [-0.1, -0.05) is 24.3 Å². The van der Waals surface area contributed by atoms with Gasteiger partial charge in [0.05, 0.1) is 19.2 Å². The summed E-state index contributed by atoms with van der Waals surface area (Å²) in [4.78, 5) is 11.3. The number of methoxy groups -OCH3 is 1. The zero-order valence-corrected chi connectivity index (χ0v) is 11.6. The van der Waals surface area contributed by atoms with E-state index in [0.29, 0.717) is 29.4 Å². The highest BCUT2D eigenvalue weighted by Gasteiger charge is 2.19. The summed E-state index contributed by atoms with van der Waals surface area (Å²) < 4.78 is 6.88. The van der Waals surface area contributed by atoms with Gasteiger partial charge in [0, 0.05) is 5.56 Å². The number of ether oxygens (including phenoxy) is 1. The molecule has 0 bridgehead atoms. The SMILES string of the molecule is C=C(C)Cn1nc(-c2ccccc2OC)c(C=O)c1N. The molecule has 0 spiro atoms. The lowest BCUT2D eigenvalue weighted by Gasteiger charge is -2.05. The van der Waals surface area contributed by atoms with Crippen molar-refractivity contribution in [1.29, 1.82) is 0 Å². The average Bonchev–Trinajstić information content (AvgIpc) is 2.74. The number of aromatic nitrogens is 2. The minimum Gasteiger partial charge on any atom is -0.496 e. The van der Waals surface area contributed by atoms with E-state index >= 15 is 0 Å². The maximum absolute atomic E-state index is 11.3. The lowest BCUT2D eigenvalue weighted by atomic mass is 10.1. The van der Waals surface area contributed by atoms with E-state index < -0.39 is 0 Å². The van der Waals surface area contributed by atoms with E-state index in [9.17, 15) is 4.79 Å². The molecule has 0 aliphatic carbocycles. The van der Waals surface area contributed by atoms with Crippen LogP contribution >= 0.6 is 0 Å². The van der Waals surface area contributed by atoms with Crippen molar-refractivity contribution in [3.8, 4) is 17.0 Å². The minimum absolute atomic E-state index is 0.337. The van der Waals surface area contributed by atoms with Crippen LogP contribution in [0.5, 0.6) is 5.75 Å². The van der Waals surface area contributed by atoms with Gasteiger partial charge in [-0.3, -0.25) is 4.79 Å². The molecule has 2 N–H and O–H groups in total. The van der Waals surface area contributed by atoms with Crippen LogP contribution in [0.25, 0.3) is 11.3 Å². The standard InChI is InChI=1S/C15H17N3O2/c1-10(2)8-18-15(16)12(9-19)14(17-18)11-6-4-5-7-13(11)20-3/h4-7,9H,1,8,16H2,2-3H3. The predicted molar refractivity (Wildman–Crippen MR) is 78.8 cm³/mol. The summed E-state index contributed by atoms with van der Waals surface area (Å²) in [5, 5.41) is 4.42. The molecule has 1 heterocycles. The summed E-state index contributed by atoms with van der Waals surface area (Å²) in [5.74, 6) is 0.986. The van der Waals surface area contributed by atoms with E-state index in [-0.39, 0.29) is 0 Å². The second-order valence-electron chi connectivity index (χ2n) is 4.58. The van der Waals surface area contributed by atoms with Gasteiger partial charge in [-0.25, -0.2) is 4.68 Å². The first-order chi connectivity index (χ1) is 9.58. The Labute approximate surface area is 117 Å². The first-order valence-corrected chi connectivity index (χ1v) is 6.17. The van der Waals surface area contributed by atoms with E-state index in [1.165, 1.54) is 0 Å². The van der Waals surface area contributed by atoms with Gasteiger partial charge >= 0.3 is 0 Å². The molecule has 5 nitrogen and oxygen atoms in total. The fraction of sp³-hybridized carbons (Fsp3) is 0.200. The molecule has 2 rings (SSSR count). The second kappa shape index (κ2) is 5.61. The molecule has 0 amide bonds. The van der Waals surface area contributed by atoms with Crippen LogP contribution in [-0.2, 0) is 6.54 Å². The summed E-state index contributed by atoms with van der Waals surface area (Å²) >= 11 is 0. The molecule has 2 aromatic rings. The molecule has 0 aliphatic heterocycles. The molecule has 0 saturated heterocycles. The Morgan fingerprint density at radius 3 is 2.80 bits per heavy atom. The van der Waals surface area contributed by atoms with Crippen LogP contribution in [0, 0.1) is 0 Å². The van der Waals surface area contributed by atoms with Crippen LogP contribution in [0.4, 0.5) is 5.82 Å². The molecule has 0 radical (unpaired) electrons. The Kier molecular flexibility index (Phi) is 3.89. The van der Waals surface area contributed by atoms with E-state index in [1.807, 2.05) is 31.2 Å². The Hall–Kier alpha value is -2.56. The third-order valence-corrected chi connectivity index (χ3v) is 2.93. The van der Waals surface area contributed by atoms with Crippen LogP contribution in [-0.4, -0.2) is 23.2 Å². The molecule has 20 heavy (non-hydrogen) atoms. The summed E-state index contributed by atoms with van der Waals surface area (Å²) in [7, 11) is 1.58. The highest BCUT2D eigenvalue weighted by atomic mass is 16.5. The summed E-state index contributed by atoms with van der Waals surface area (Å²) in [6.45, 7) is 6.19. The smallest absolute Gasteiger partial charge is 0.156 e. The highest BCUT2D eigenvalue weighted by molar-refractivity contribution is 5.92. The number of benzene rings is 1. The zero-order valence-electron chi connectivity index (χ0n) is 11.6. The lowest BCUT2D eigenvalue weighted by Crippen LogP contribution is -2.05. The number of hydrogen-bond donors (Lipinski definition) is 1. The highest BCUT2D eigenvalue weighted by Crippen LogP contribution is 2.32. The van der Waals surface area contributed by atoms with Crippen LogP contribution in [0.3, 0.4) is 0 Å². The Morgan fingerprint density at radius 1 is 1.50 bits per heavy atom. The first kappa shape index (κ1) is 13.9. The normalized spacial score (nSPS) is 10.3. The minimum atomic E-state index is 0.337. The largest absolute Gasteiger partial charge is 0.496 e. The Balaban J connectivity index is 2.61. The molecule has 5 heteroatoms. The molecule has 104 valence electrons. The number of nitrogens with zero attached hydrogens (tertiary/aromatic N) is 2.